The summed E-state index contributed by atoms with van der Waals surface area (Å²) in [5, 5.41) is 3.59. The summed E-state index contributed by atoms with van der Waals surface area (Å²) in [5.74, 6) is 2.80. The fourth-order valence-electron chi connectivity index (χ4n) is 3.10. The molecule has 4 unspecified atom stereocenters. The number of sulfone groups is 1. The lowest BCUT2D eigenvalue weighted by molar-refractivity contribution is 0.222. The van der Waals surface area contributed by atoms with Crippen LogP contribution in [0.3, 0.4) is 0 Å². The van der Waals surface area contributed by atoms with Crippen molar-refractivity contribution in [1.82, 2.24) is 5.32 Å². The van der Waals surface area contributed by atoms with Crippen LogP contribution in [0.1, 0.15) is 39.5 Å². The quantitative estimate of drug-likeness (QED) is 0.841. The Balaban J connectivity index is 1.72. The van der Waals surface area contributed by atoms with Gasteiger partial charge in [0.25, 0.3) is 0 Å². The Hall–Kier alpha value is -0.0900. The van der Waals surface area contributed by atoms with E-state index in [0.29, 0.717) is 23.5 Å². The Kier molecular flexibility index (Phi) is 4.14. The van der Waals surface area contributed by atoms with Gasteiger partial charge in [-0.05, 0) is 50.0 Å². The van der Waals surface area contributed by atoms with Crippen molar-refractivity contribution in [2.45, 2.75) is 45.6 Å². The van der Waals surface area contributed by atoms with Crippen LogP contribution >= 0.6 is 0 Å². The molecule has 1 heterocycles. The van der Waals surface area contributed by atoms with E-state index < -0.39 is 9.84 Å². The third-order valence-electron chi connectivity index (χ3n) is 4.62. The van der Waals surface area contributed by atoms with Gasteiger partial charge in [-0.25, -0.2) is 8.42 Å². The van der Waals surface area contributed by atoms with Gasteiger partial charge in [-0.2, -0.15) is 0 Å². The van der Waals surface area contributed by atoms with Gasteiger partial charge in [0.05, 0.1) is 11.5 Å². The fraction of sp³-hybridized carbons (Fsp3) is 1.00. The Bertz CT molecular complexity index is 352. The molecule has 2 fully saturated rings. The topological polar surface area (TPSA) is 46.2 Å². The van der Waals surface area contributed by atoms with E-state index in [-0.39, 0.29) is 0 Å². The standard InChI is InChI=1S/C13H25NO2S/c1-10-3-4-13(7-11(10)2)14-8-12-5-6-17(15,16)9-12/h10-14H,3-9H2,1-2H3. The third-order valence-corrected chi connectivity index (χ3v) is 6.46. The highest BCUT2D eigenvalue weighted by Crippen LogP contribution is 2.29. The smallest absolute Gasteiger partial charge is 0.150 e. The molecule has 17 heavy (non-hydrogen) atoms. The number of hydrogen-bond acceptors (Lipinski definition) is 3. The van der Waals surface area contributed by atoms with Crippen LogP contribution in [0.2, 0.25) is 0 Å². The maximum atomic E-state index is 11.4. The highest BCUT2D eigenvalue weighted by Gasteiger charge is 2.29. The van der Waals surface area contributed by atoms with E-state index in [1.165, 1.54) is 19.3 Å². The van der Waals surface area contributed by atoms with Crippen molar-refractivity contribution in [1.29, 1.82) is 0 Å². The van der Waals surface area contributed by atoms with Gasteiger partial charge in [0, 0.05) is 6.04 Å². The van der Waals surface area contributed by atoms with Gasteiger partial charge in [-0.15, -0.1) is 0 Å². The summed E-state index contributed by atoms with van der Waals surface area (Å²) in [4.78, 5) is 0. The van der Waals surface area contributed by atoms with Gasteiger partial charge in [0.15, 0.2) is 9.84 Å². The summed E-state index contributed by atoms with van der Waals surface area (Å²) in [6.45, 7) is 5.56. The van der Waals surface area contributed by atoms with Crippen molar-refractivity contribution in [3.63, 3.8) is 0 Å². The summed E-state index contributed by atoms with van der Waals surface area (Å²) >= 11 is 0. The lowest BCUT2D eigenvalue weighted by Gasteiger charge is -2.33. The predicted molar refractivity (Wildman–Crippen MR) is 70.7 cm³/mol. The molecule has 1 N–H and O–H groups in total. The van der Waals surface area contributed by atoms with Crippen molar-refractivity contribution in [2.75, 3.05) is 18.1 Å². The van der Waals surface area contributed by atoms with Gasteiger partial charge < -0.3 is 5.32 Å². The van der Waals surface area contributed by atoms with E-state index in [9.17, 15) is 8.42 Å². The van der Waals surface area contributed by atoms with Crippen molar-refractivity contribution < 1.29 is 8.42 Å². The zero-order valence-electron chi connectivity index (χ0n) is 11.0. The molecule has 4 atom stereocenters. The first-order valence-electron chi connectivity index (χ1n) is 6.90. The van der Waals surface area contributed by atoms with E-state index in [1.54, 1.807) is 0 Å². The molecule has 0 aromatic carbocycles. The van der Waals surface area contributed by atoms with E-state index in [4.69, 9.17) is 0 Å². The van der Waals surface area contributed by atoms with Gasteiger partial charge in [-0.1, -0.05) is 13.8 Å². The van der Waals surface area contributed by atoms with Crippen molar-refractivity contribution in [3.05, 3.63) is 0 Å². The maximum absolute atomic E-state index is 11.4. The van der Waals surface area contributed by atoms with E-state index >= 15 is 0 Å². The zero-order valence-corrected chi connectivity index (χ0v) is 11.8. The first kappa shape index (κ1) is 13.3. The van der Waals surface area contributed by atoms with Gasteiger partial charge in [0.2, 0.25) is 0 Å². The second-order valence-corrected chi connectivity index (χ2v) is 8.37. The second-order valence-electron chi connectivity index (χ2n) is 6.14. The minimum Gasteiger partial charge on any atom is -0.314 e. The van der Waals surface area contributed by atoms with Crippen LogP contribution in [0.4, 0.5) is 0 Å². The molecule has 0 spiro atoms. The fourth-order valence-corrected chi connectivity index (χ4v) is 4.96. The number of hydrogen-bond donors (Lipinski definition) is 1. The van der Waals surface area contributed by atoms with Crippen LogP contribution in [-0.2, 0) is 9.84 Å². The summed E-state index contributed by atoms with van der Waals surface area (Å²) in [7, 11) is -2.71. The Morgan fingerprint density at radius 1 is 1.12 bits per heavy atom. The van der Waals surface area contributed by atoms with Crippen LogP contribution in [0.5, 0.6) is 0 Å². The first-order chi connectivity index (χ1) is 7.96. The van der Waals surface area contributed by atoms with E-state index in [2.05, 4.69) is 19.2 Å². The minimum absolute atomic E-state index is 0.356. The Morgan fingerprint density at radius 3 is 2.47 bits per heavy atom. The molecule has 1 saturated carbocycles. The van der Waals surface area contributed by atoms with Crippen molar-refractivity contribution in [3.8, 4) is 0 Å². The molecular weight excluding hydrogens is 234 g/mol. The minimum atomic E-state index is -2.71. The molecule has 1 aliphatic heterocycles. The van der Waals surface area contributed by atoms with Gasteiger partial charge in [0.1, 0.15) is 0 Å². The SMILES string of the molecule is CC1CCC(NCC2CCS(=O)(=O)C2)CC1C. The average molecular weight is 259 g/mol. The Labute approximate surface area is 105 Å². The van der Waals surface area contributed by atoms with Crippen LogP contribution in [0.25, 0.3) is 0 Å². The number of rotatable bonds is 3. The molecule has 2 rings (SSSR count). The summed E-state index contributed by atoms with van der Waals surface area (Å²) < 4.78 is 22.7. The third kappa shape index (κ3) is 3.68. The van der Waals surface area contributed by atoms with Crippen LogP contribution in [0.15, 0.2) is 0 Å². The van der Waals surface area contributed by atoms with Crippen LogP contribution in [0, 0.1) is 17.8 Å². The molecule has 3 nitrogen and oxygen atoms in total. The van der Waals surface area contributed by atoms with Crippen LogP contribution < -0.4 is 5.32 Å². The van der Waals surface area contributed by atoms with Gasteiger partial charge in [-0.3, -0.25) is 0 Å². The maximum Gasteiger partial charge on any atom is 0.150 e. The predicted octanol–water partition coefficient (Wildman–Crippen LogP) is 1.84. The average Bonchev–Trinajstić information content (AvgIpc) is 2.60. The molecule has 0 radical (unpaired) electrons. The molecule has 1 aliphatic carbocycles. The molecule has 2 aliphatic rings. The van der Waals surface area contributed by atoms with Crippen molar-refractivity contribution >= 4 is 9.84 Å². The first-order valence-corrected chi connectivity index (χ1v) is 8.72. The molecule has 0 amide bonds. The van der Waals surface area contributed by atoms with Gasteiger partial charge >= 0.3 is 0 Å². The molecule has 0 aromatic heterocycles. The monoisotopic (exact) mass is 259 g/mol. The van der Waals surface area contributed by atoms with Crippen LogP contribution in [-0.4, -0.2) is 32.5 Å². The highest BCUT2D eigenvalue weighted by molar-refractivity contribution is 7.91. The molecule has 0 aromatic rings. The highest BCUT2D eigenvalue weighted by atomic mass is 32.2. The summed E-state index contributed by atoms with van der Waals surface area (Å²) in [6, 6.07) is 0.615. The summed E-state index contributed by atoms with van der Waals surface area (Å²) in [5.41, 5.74) is 0. The molecular formula is C13H25NO2S. The molecule has 1 saturated heterocycles. The van der Waals surface area contributed by atoms with Crippen molar-refractivity contribution in [2.24, 2.45) is 17.8 Å². The second kappa shape index (κ2) is 5.27. The van der Waals surface area contributed by atoms with E-state index in [1.807, 2.05) is 0 Å². The largest absolute Gasteiger partial charge is 0.314 e. The lowest BCUT2D eigenvalue weighted by Crippen LogP contribution is -2.38. The Morgan fingerprint density at radius 2 is 1.88 bits per heavy atom. The zero-order chi connectivity index (χ0) is 12.5. The lowest BCUT2D eigenvalue weighted by atomic mass is 9.79. The van der Waals surface area contributed by atoms with E-state index in [0.717, 1.165) is 24.8 Å². The summed E-state index contributed by atoms with van der Waals surface area (Å²) in [6.07, 6.45) is 4.67. The molecule has 100 valence electrons. The number of nitrogens with one attached hydrogen (secondary N) is 1. The molecule has 0 bridgehead atoms. The molecule has 4 heteroatoms. The normalized spacial score (nSPS) is 41.5.